The van der Waals surface area contributed by atoms with Crippen LogP contribution in [0.4, 0.5) is 4.39 Å². The second-order valence-corrected chi connectivity index (χ2v) is 5.33. The standard InChI is InChI=1S/C14H17FN2O2.C2H6/c1-14(2,15)9-5-3-8(4-6-9)10-7-17-13(19)11(10)12(16)18;1-2/h3-6,10-11H,7H2,1-2H3,(H2,16,18)(H,17,19);1-2H3. The van der Waals surface area contributed by atoms with Crippen molar-refractivity contribution in [3.63, 3.8) is 0 Å². The SMILES string of the molecule is CC.CC(C)(F)c1ccc(C2CNC(=O)C2C(N)=O)cc1. The van der Waals surface area contributed by atoms with Crippen LogP contribution in [0, 0.1) is 5.92 Å². The first kappa shape index (κ1) is 17.1. The number of carbonyl (C=O) groups excluding carboxylic acids is 2. The van der Waals surface area contributed by atoms with E-state index >= 15 is 0 Å². The molecule has 4 nitrogen and oxygen atoms in total. The molecule has 1 aromatic carbocycles. The zero-order chi connectivity index (χ0) is 16.2. The van der Waals surface area contributed by atoms with Gasteiger partial charge < -0.3 is 11.1 Å². The molecule has 1 fully saturated rings. The van der Waals surface area contributed by atoms with Gasteiger partial charge in [0.1, 0.15) is 11.6 Å². The van der Waals surface area contributed by atoms with Crippen LogP contribution in [0.25, 0.3) is 0 Å². The van der Waals surface area contributed by atoms with Crippen LogP contribution in [-0.2, 0) is 15.3 Å². The second kappa shape index (κ2) is 6.70. The summed E-state index contributed by atoms with van der Waals surface area (Å²) in [6.07, 6.45) is 0. The minimum Gasteiger partial charge on any atom is -0.369 e. The fourth-order valence-corrected chi connectivity index (χ4v) is 2.39. The quantitative estimate of drug-likeness (QED) is 0.839. The maximum Gasteiger partial charge on any atom is 0.233 e. The molecule has 1 aromatic rings. The number of primary amides is 1. The molecule has 21 heavy (non-hydrogen) atoms. The lowest BCUT2D eigenvalue weighted by atomic mass is 9.86. The van der Waals surface area contributed by atoms with Crippen molar-refractivity contribution in [2.24, 2.45) is 11.7 Å². The van der Waals surface area contributed by atoms with Crippen molar-refractivity contribution in [3.05, 3.63) is 35.4 Å². The van der Waals surface area contributed by atoms with Gasteiger partial charge in [0, 0.05) is 12.5 Å². The van der Waals surface area contributed by atoms with Gasteiger partial charge in [-0.05, 0) is 25.0 Å². The third-order valence-corrected chi connectivity index (χ3v) is 3.51. The molecular formula is C16H23FN2O2. The van der Waals surface area contributed by atoms with Gasteiger partial charge in [0.25, 0.3) is 0 Å². The van der Waals surface area contributed by atoms with Gasteiger partial charge in [0.15, 0.2) is 0 Å². The first-order chi connectivity index (χ1) is 9.80. The van der Waals surface area contributed by atoms with Crippen LogP contribution in [-0.4, -0.2) is 18.4 Å². The second-order valence-electron chi connectivity index (χ2n) is 5.33. The first-order valence-electron chi connectivity index (χ1n) is 7.17. The van der Waals surface area contributed by atoms with Gasteiger partial charge in [-0.2, -0.15) is 0 Å². The third-order valence-electron chi connectivity index (χ3n) is 3.51. The molecule has 2 unspecified atom stereocenters. The number of rotatable bonds is 3. The van der Waals surface area contributed by atoms with E-state index in [0.717, 1.165) is 5.56 Å². The van der Waals surface area contributed by atoms with Crippen LogP contribution in [0.15, 0.2) is 24.3 Å². The predicted molar refractivity (Wildman–Crippen MR) is 80.4 cm³/mol. The van der Waals surface area contributed by atoms with Crippen LogP contribution < -0.4 is 11.1 Å². The van der Waals surface area contributed by atoms with Gasteiger partial charge in [-0.15, -0.1) is 0 Å². The normalized spacial score (nSPS) is 21.3. The fourth-order valence-electron chi connectivity index (χ4n) is 2.39. The molecular weight excluding hydrogens is 271 g/mol. The van der Waals surface area contributed by atoms with Gasteiger partial charge in [-0.1, -0.05) is 38.1 Å². The molecule has 2 amide bonds. The Morgan fingerprint density at radius 3 is 2.24 bits per heavy atom. The Morgan fingerprint density at radius 2 is 1.81 bits per heavy atom. The summed E-state index contributed by atoms with van der Waals surface area (Å²) in [7, 11) is 0. The molecule has 3 N–H and O–H groups in total. The van der Waals surface area contributed by atoms with Crippen LogP contribution >= 0.6 is 0 Å². The van der Waals surface area contributed by atoms with Crippen LogP contribution in [0.3, 0.4) is 0 Å². The van der Waals surface area contributed by atoms with Gasteiger partial charge in [0.05, 0.1) is 0 Å². The number of carbonyl (C=O) groups is 2. The zero-order valence-corrected chi connectivity index (χ0v) is 12.9. The molecule has 2 atom stereocenters. The molecule has 0 aliphatic carbocycles. The van der Waals surface area contributed by atoms with E-state index < -0.39 is 17.5 Å². The summed E-state index contributed by atoms with van der Waals surface area (Å²) >= 11 is 0. The molecule has 0 aromatic heterocycles. The van der Waals surface area contributed by atoms with E-state index in [0.29, 0.717) is 12.1 Å². The lowest BCUT2D eigenvalue weighted by molar-refractivity contribution is -0.131. The fraction of sp³-hybridized carbons (Fsp3) is 0.500. The van der Waals surface area contributed by atoms with Crippen molar-refractivity contribution in [3.8, 4) is 0 Å². The maximum absolute atomic E-state index is 13.8. The summed E-state index contributed by atoms with van der Waals surface area (Å²) in [5.74, 6) is -2.09. The molecule has 5 heteroatoms. The van der Waals surface area contributed by atoms with Crippen molar-refractivity contribution in [1.29, 1.82) is 0 Å². The zero-order valence-electron chi connectivity index (χ0n) is 12.9. The molecule has 2 rings (SSSR count). The van der Waals surface area contributed by atoms with Crippen LogP contribution in [0.5, 0.6) is 0 Å². The largest absolute Gasteiger partial charge is 0.369 e. The predicted octanol–water partition coefficient (Wildman–Crippen LogP) is 2.23. The third kappa shape index (κ3) is 3.80. The number of hydrogen-bond donors (Lipinski definition) is 2. The molecule has 0 bridgehead atoms. The Bertz CT molecular complexity index is 506. The number of nitrogens with two attached hydrogens (primary N) is 1. The first-order valence-corrected chi connectivity index (χ1v) is 7.17. The molecule has 0 saturated carbocycles. The summed E-state index contributed by atoms with van der Waals surface area (Å²) in [4.78, 5) is 22.9. The van der Waals surface area contributed by atoms with Crippen molar-refractivity contribution in [2.45, 2.75) is 39.3 Å². The van der Waals surface area contributed by atoms with Crippen LogP contribution in [0.1, 0.15) is 44.7 Å². The summed E-state index contributed by atoms with van der Waals surface area (Å²) in [5.41, 5.74) is 5.22. The number of halogens is 1. The smallest absolute Gasteiger partial charge is 0.233 e. The molecule has 1 saturated heterocycles. The monoisotopic (exact) mass is 294 g/mol. The highest BCUT2D eigenvalue weighted by Gasteiger charge is 2.39. The van der Waals surface area contributed by atoms with Gasteiger partial charge in [-0.25, -0.2) is 4.39 Å². The number of alkyl halides is 1. The average molecular weight is 294 g/mol. The Balaban J connectivity index is 0.00000106. The summed E-state index contributed by atoms with van der Waals surface area (Å²) < 4.78 is 13.8. The molecule has 1 aliphatic heterocycles. The van der Waals surface area contributed by atoms with E-state index in [1.165, 1.54) is 13.8 Å². The highest BCUT2D eigenvalue weighted by atomic mass is 19.1. The number of hydrogen-bond acceptors (Lipinski definition) is 2. The van der Waals surface area contributed by atoms with Gasteiger partial charge >= 0.3 is 0 Å². The average Bonchev–Trinajstić information content (AvgIpc) is 2.82. The molecule has 1 heterocycles. The van der Waals surface area contributed by atoms with Crippen molar-refractivity contribution >= 4 is 11.8 Å². The molecule has 0 spiro atoms. The number of benzene rings is 1. The topological polar surface area (TPSA) is 72.2 Å². The van der Waals surface area contributed by atoms with E-state index in [9.17, 15) is 14.0 Å². The Labute approximate surface area is 124 Å². The summed E-state index contributed by atoms with van der Waals surface area (Å²) in [6, 6.07) is 6.85. The van der Waals surface area contributed by atoms with E-state index in [1.54, 1.807) is 24.3 Å². The lowest BCUT2D eigenvalue weighted by Gasteiger charge is -2.18. The maximum atomic E-state index is 13.8. The van der Waals surface area contributed by atoms with Gasteiger partial charge in [0.2, 0.25) is 11.8 Å². The number of amides is 2. The van der Waals surface area contributed by atoms with Gasteiger partial charge in [-0.3, -0.25) is 9.59 Å². The van der Waals surface area contributed by atoms with Crippen LogP contribution in [0.2, 0.25) is 0 Å². The van der Waals surface area contributed by atoms with E-state index in [-0.39, 0.29) is 11.8 Å². The Hall–Kier alpha value is -1.91. The number of nitrogens with one attached hydrogen (secondary N) is 1. The van der Waals surface area contributed by atoms with Crippen molar-refractivity contribution in [2.75, 3.05) is 6.54 Å². The van der Waals surface area contributed by atoms with E-state index in [1.807, 2.05) is 13.8 Å². The summed E-state index contributed by atoms with van der Waals surface area (Å²) in [6.45, 7) is 7.34. The van der Waals surface area contributed by atoms with Crippen molar-refractivity contribution < 1.29 is 14.0 Å². The molecule has 116 valence electrons. The van der Waals surface area contributed by atoms with E-state index in [2.05, 4.69) is 5.32 Å². The highest BCUT2D eigenvalue weighted by molar-refractivity contribution is 6.02. The molecule has 1 aliphatic rings. The minimum absolute atomic E-state index is 0.276. The van der Waals surface area contributed by atoms with Crippen molar-refractivity contribution in [1.82, 2.24) is 5.32 Å². The minimum atomic E-state index is -1.41. The Kier molecular flexibility index (Phi) is 5.47. The Morgan fingerprint density at radius 1 is 1.29 bits per heavy atom. The molecule has 0 radical (unpaired) electrons. The lowest BCUT2D eigenvalue weighted by Crippen LogP contribution is -2.32. The summed E-state index contributed by atoms with van der Waals surface area (Å²) in [5, 5.41) is 2.63. The van der Waals surface area contributed by atoms with E-state index in [4.69, 9.17) is 5.73 Å². The highest BCUT2D eigenvalue weighted by Crippen LogP contribution is 2.31.